The summed E-state index contributed by atoms with van der Waals surface area (Å²) in [5.74, 6) is 1.73. The van der Waals surface area contributed by atoms with Gasteiger partial charge < -0.3 is 4.74 Å². The van der Waals surface area contributed by atoms with Crippen molar-refractivity contribution in [2.45, 2.75) is 52.1 Å². The third-order valence-corrected chi connectivity index (χ3v) is 7.76. The van der Waals surface area contributed by atoms with E-state index in [1.165, 1.54) is 42.6 Å². The molecule has 8 heteroatoms. The largest absolute Gasteiger partial charge is 0.494 e. The lowest BCUT2D eigenvalue weighted by molar-refractivity contribution is -0.119. The summed E-state index contributed by atoms with van der Waals surface area (Å²) in [7, 11) is 0. The van der Waals surface area contributed by atoms with Crippen LogP contribution in [-0.4, -0.2) is 65.9 Å². The van der Waals surface area contributed by atoms with Gasteiger partial charge in [-0.1, -0.05) is 66.7 Å². The van der Waals surface area contributed by atoms with Crippen LogP contribution >= 0.6 is 0 Å². The van der Waals surface area contributed by atoms with Crippen molar-refractivity contribution in [2.75, 3.05) is 39.3 Å². The highest BCUT2D eigenvalue weighted by Crippen LogP contribution is 2.17. The highest BCUT2D eigenvalue weighted by Gasteiger charge is 2.17. The first-order valence-electron chi connectivity index (χ1n) is 15.3. The number of nitrogens with one attached hydrogen (secondary N) is 2. The molecule has 2 N–H and O–H groups in total. The predicted molar refractivity (Wildman–Crippen MR) is 168 cm³/mol. The minimum atomic E-state index is 0.0610. The van der Waals surface area contributed by atoms with E-state index in [1.807, 2.05) is 0 Å². The van der Waals surface area contributed by atoms with Gasteiger partial charge in [-0.2, -0.15) is 0 Å². The summed E-state index contributed by atoms with van der Waals surface area (Å²) in [4.78, 5) is 16.4. The van der Waals surface area contributed by atoms with Crippen LogP contribution in [0.2, 0.25) is 0 Å². The molecular formula is C34H44N6O2. The monoisotopic (exact) mass is 568 g/mol. The van der Waals surface area contributed by atoms with Crippen LogP contribution < -0.4 is 15.7 Å². The number of hydrogen-bond acceptors (Lipinski definition) is 8. The maximum atomic E-state index is 11.4. The molecule has 42 heavy (non-hydrogen) atoms. The summed E-state index contributed by atoms with van der Waals surface area (Å²) in [6.45, 7) is 8.94. The van der Waals surface area contributed by atoms with Crippen molar-refractivity contribution >= 4 is 11.6 Å². The van der Waals surface area contributed by atoms with E-state index in [0.717, 1.165) is 63.4 Å². The van der Waals surface area contributed by atoms with Crippen LogP contribution in [0.15, 0.2) is 84.0 Å². The zero-order valence-electron chi connectivity index (χ0n) is 24.8. The number of hydrogen-bond donors (Lipinski definition) is 2. The van der Waals surface area contributed by atoms with Gasteiger partial charge >= 0.3 is 0 Å². The fourth-order valence-corrected chi connectivity index (χ4v) is 5.46. The first-order valence-corrected chi connectivity index (χ1v) is 15.3. The Bertz CT molecular complexity index is 1270. The molecule has 0 unspecified atom stereocenters. The Morgan fingerprint density at radius 2 is 1.62 bits per heavy atom. The summed E-state index contributed by atoms with van der Waals surface area (Å²) in [6.07, 6.45) is 5.78. The van der Waals surface area contributed by atoms with E-state index in [0.29, 0.717) is 5.84 Å². The van der Waals surface area contributed by atoms with Crippen molar-refractivity contribution in [1.82, 2.24) is 25.9 Å². The molecule has 8 nitrogen and oxygen atoms in total. The number of ketones is 1. The van der Waals surface area contributed by atoms with Gasteiger partial charge in [-0.25, -0.2) is 5.53 Å². The van der Waals surface area contributed by atoms with Crippen LogP contribution in [-0.2, 0) is 24.3 Å². The zero-order chi connectivity index (χ0) is 29.0. The number of likely N-dealkylation sites (tertiary alicyclic amines) is 1. The molecule has 0 atom stereocenters. The smallest absolute Gasteiger partial charge is 0.170 e. The molecule has 222 valence electrons. The minimum absolute atomic E-state index is 0.0610. The summed E-state index contributed by atoms with van der Waals surface area (Å²) >= 11 is 0. The van der Waals surface area contributed by atoms with Gasteiger partial charge in [0.25, 0.3) is 0 Å². The molecule has 0 spiro atoms. The normalized spacial score (nSPS) is 15.4. The van der Waals surface area contributed by atoms with Crippen molar-refractivity contribution < 1.29 is 9.53 Å². The Morgan fingerprint density at radius 1 is 0.881 bits per heavy atom. The van der Waals surface area contributed by atoms with Crippen molar-refractivity contribution in [3.63, 3.8) is 0 Å². The van der Waals surface area contributed by atoms with Crippen molar-refractivity contribution in [1.29, 1.82) is 0 Å². The van der Waals surface area contributed by atoms with Gasteiger partial charge in [0.15, 0.2) is 5.84 Å². The summed E-state index contributed by atoms with van der Waals surface area (Å²) in [6, 6.07) is 27.8. The molecule has 2 aliphatic rings. The van der Waals surface area contributed by atoms with Gasteiger partial charge in [0.05, 0.1) is 13.2 Å². The fourth-order valence-electron chi connectivity index (χ4n) is 5.46. The number of hydrazine groups is 2. The van der Waals surface area contributed by atoms with Gasteiger partial charge in [0.1, 0.15) is 11.5 Å². The number of carbonyl (C=O) groups excluding carboxylic acids is 1. The highest BCUT2D eigenvalue weighted by atomic mass is 16.5. The number of carbonyl (C=O) groups is 1. The molecule has 0 aromatic heterocycles. The Balaban J connectivity index is 1.08. The SMILES string of the molecule is CC(=O)CN1NN=C(c2ccc(CN(CCCCOc3ccc(CN4CCCC4)cc3)CCc3ccccc3)cc2)N1. The summed E-state index contributed by atoms with van der Waals surface area (Å²) < 4.78 is 6.07. The van der Waals surface area contributed by atoms with Crippen molar-refractivity contribution in [2.24, 2.45) is 5.10 Å². The van der Waals surface area contributed by atoms with Gasteiger partial charge in [-0.15, -0.1) is 10.2 Å². The fraction of sp³-hybridized carbons (Fsp3) is 0.412. The number of hydrazone groups is 1. The molecule has 3 aromatic carbocycles. The van der Waals surface area contributed by atoms with Gasteiger partial charge in [0.2, 0.25) is 0 Å². The third kappa shape index (κ3) is 9.41. The minimum Gasteiger partial charge on any atom is -0.494 e. The van der Waals surface area contributed by atoms with E-state index in [2.05, 4.69) is 105 Å². The molecule has 0 amide bonds. The maximum absolute atomic E-state index is 11.4. The standard InChI is InChI=1S/C34H44N6O2/c1-28(41)25-40-36-34(35-37-40)32-15-11-30(12-16-32)27-39(23-19-29-9-3-2-4-10-29)22-7-8-24-42-33-17-13-31(14-18-33)26-38-20-5-6-21-38/h2-4,9-18,37H,5-8,19-27H2,1H3,(H,35,36). The number of amidine groups is 1. The van der Waals surface area contributed by atoms with Crippen LogP contribution in [0.3, 0.4) is 0 Å². The lowest BCUT2D eigenvalue weighted by Gasteiger charge is -2.23. The van der Waals surface area contributed by atoms with E-state index >= 15 is 0 Å². The first-order chi connectivity index (χ1) is 20.6. The lowest BCUT2D eigenvalue weighted by Crippen LogP contribution is -2.44. The Hall–Kier alpha value is -3.72. The summed E-state index contributed by atoms with van der Waals surface area (Å²) in [5, 5.41) is 5.89. The average Bonchev–Trinajstić information content (AvgIpc) is 3.69. The number of unbranched alkanes of at least 4 members (excludes halogenated alkanes) is 1. The Morgan fingerprint density at radius 3 is 2.36 bits per heavy atom. The van der Waals surface area contributed by atoms with E-state index in [-0.39, 0.29) is 12.3 Å². The van der Waals surface area contributed by atoms with E-state index in [9.17, 15) is 4.79 Å². The van der Waals surface area contributed by atoms with Crippen molar-refractivity contribution in [3.8, 4) is 5.75 Å². The molecule has 5 rings (SSSR count). The van der Waals surface area contributed by atoms with Crippen LogP contribution in [0.5, 0.6) is 5.75 Å². The topological polar surface area (TPSA) is 72.4 Å². The maximum Gasteiger partial charge on any atom is 0.170 e. The zero-order valence-corrected chi connectivity index (χ0v) is 24.8. The molecule has 2 heterocycles. The van der Waals surface area contributed by atoms with Crippen LogP contribution in [0.25, 0.3) is 0 Å². The summed E-state index contributed by atoms with van der Waals surface area (Å²) in [5.41, 5.74) is 11.0. The third-order valence-electron chi connectivity index (χ3n) is 7.76. The molecule has 1 saturated heterocycles. The first kappa shape index (κ1) is 29.8. The van der Waals surface area contributed by atoms with Crippen LogP contribution in [0.4, 0.5) is 0 Å². The van der Waals surface area contributed by atoms with E-state index in [4.69, 9.17) is 4.74 Å². The number of nitrogens with zero attached hydrogens (tertiary/aromatic N) is 4. The lowest BCUT2D eigenvalue weighted by atomic mass is 10.1. The highest BCUT2D eigenvalue weighted by molar-refractivity contribution is 5.99. The number of Topliss-reactive ketones (excluding diaryl/α,β-unsaturated/α-hetero) is 1. The van der Waals surface area contributed by atoms with Gasteiger partial charge in [-0.05, 0) is 87.5 Å². The number of ether oxygens (including phenoxy) is 1. The quantitative estimate of drug-likeness (QED) is 0.242. The molecule has 0 saturated carbocycles. The molecule has 0 aliphatic carbocycles. The number of rotatable bonds is 16. The Labute approximate surface area is 250 Å². The molecule has 3 aromatic rings. The number of benzene rings is 3. The second-order valence-corrected chi connectivity index (χ2v) is 11.4. The molecule has 2 aliphatic heterocycles. The van der Waals surface area contributed by atoms with E-state index < -0.39 is 0 Å². The van der Waals surface area contributed by atoms with Crippen LogP contribution in [0.1, 0.15) is 54.9 Å². The van der Waals surface area contributed by atoms with Crippen LogP contribution in [0, 0.1) is 0 Å². The predicted octanol–water partition coefficient (Wildman–Crippen LogP) is 4.76. The molecular weight excluding hydrogens is 524 g/mol. The second kappa shape index (κ2) is 15.5. The molecule has 1 fully saturated rings. The van der Waals surface area contributed by atoms with Gasteiger partial charge in [0, 0.05) is 25.2 Å². The van der Waals surface area contributed by atoms with Crippen molar-refractivity contribution in [3.05, 3.63) is 101 Å². The van der Waals surface area contributed by atoms with E-state index in [1.54, 1.807) is 12.0 Å². The average molecular weight is 569 g/mol. The van der Waals surface area contributed by atoms with Gasteiger partial charge in [-0.3, -0.25) is 20.0 Å². The molecule has 0 bridgehead atoms. The molecule has 0 radical (unpaired) electrons. The second-order valence-electron chi connectivity index (χ2n) is 11.4. The Kier molecular flexibility index (Phi) is 11.0.